The zero-order valence-electron chi connectivity index (χ0n) is 16.0. The molecule has 0 saturated carbocycles. The van der Waals surface area contributed by atoms with E-state index in [0.717, 1.165) is 16.8 Å². The molecule has 1 atom stereocenters. The van der Waals surface area contributed by atoms with Gasteiger partial charge in [0.05, 0.1) is 25.8 Å². The molecule has 2 aromatic carbocycles. The highest BCUT2D eigenvalue weighted by Gasteiger charge is 2.35. The first-order valence-corrected chi connectivity index (χ1v) is 9.02. The van der Waals surface area contributed by atoms with Crippen LogP contribution in [-0.2, 0) is 4.79 Å². The second-order valence-corrected chi connectivity index (χ2v) is 6.75. The summed E-state index contributed by atoms with van der Waals surface area (Å²) in [6.07, 6.45) is 0.314. The lowest BCUT2D eigenvalue weighted by molar-refractivity contribution is -0.117. The Hall–Kier alpha value is -3.35. The Bertz CT molecular complexity index is 992. The fourth-order valence-electron chi connectivity index (χ4n) is 3.41. The van der Waals surface area contributed by atoms with Crippen molar-refractivity contribution in [2.45, 2.75) is 19.3 Å². The average Bonchev–Trinajstić information content (AvgIpc) is 3.34. The summed E-state index contributed by atoms with van der Waals surface area (Å²) in [5.41, 5.74) is 2.72. The first-order valence-electron chi connectivity index (χ1n) is 9.02. The Morgan fingerprint density at radius 2 is 1.82 bits per heavy atom. The first-order chi connectivity index (χ1) is 13.6. The number of amides is 1. The van der Waals surface area contributed by atoms with Crippen LogP contribution in [0.15, 0.2) is 47.0 Å². The monoisotopic (exact) mass is 379 g/mol. The van der Waals surface area contributed by atoms with Crippen LogP contribution in [0.2, 0.25) is 0 Å². The largest absolute Gasteiger partial charge is 0.497 e. The van der Waals surface area contributed by atoms with E-state index >= 15 is 0 Å². The molecule has 3 aromatic rings. The van der Waals surface area contributed by atoms with Crippen molar-refractivity contribution in [2.24, 2.45) is 0 Å². The normalized spacial score (nSPS) is 16.5. The molecule has 28 heavy (non-hydrogen) atoms. The Morgan fingerprint density at radius 3 is 2.50 bits per heavy atom. The fourth-order valence-corrected chi connectivity index (χ4v) is 3.41. The molecule has 1 aliphatic heterocycles. The Balaban J connectivity index is 1.58. The number of nitrogens with zero attached hydrogens (tertiary/aromatic N) is 3. The van der Waals surface area contributed by atoms with Gasteiger partial charge < -0.3 is 18.9 Å². The van der Waals surface area contributed by atoms with E-state index in [4.69, 9.17) is 14.0 Å². The van der Waals surface area contributed by atoms with Crippen LogP contribution in [0.4, 0.5) is 5.69 Å². The molecule has 7 heteroatoms. The van der Waals surface area contributed by atoms with Gasteiger partial charge in [-0.25, -0.2) is 0 Å². The highest BCUT2D eigenvalue weighted by Crippen LogP contribution is 2.35. The number of hydrogen-bond acceptors (Lipinski definition) is 6. The highest BCUT2D eigenvalue weighted by molar-refractivity contribution is 5.96. The molecule has 1 aliphatic rings. The van der Waals surface area contributed by atoms with Crippen molar-refractivity contribution in [3.05, 3.63) is 53.9 Å². The van der Waals surface area contributed by atoms with Crippen molar-refractivity contribution in [3.63, 3.8) is 0 Å². The lowest BCUT2D eigenvalue weighted by atomic mass is 10.1. The van der Waals surface area contributed by atoms with E-state index in [1.54, 1.807) is 25.2 Å². The maximum absolute atomic E-state index is 12.6. The van der Waals surface area contributed by atoms with E-state index in [1.165, 1.54) is 0 Å². The number of benzene rings is 2. The predicted octanol–water partition coefficient (Wildman–Crippen LogP) is 3.58. The maximum Gasteiger partial charge on any atom is 0.232 e. The van der Waals surface area contributed by atoms with E-state index in [0.29, 0.717) is 36.2 Å². The predicted molar refractivity (Wildman–Crippen MR) is 104 cm³/mol. The van der Waals surface area contributed by atoms with Crippen LogP contribution >= 0.6 is 0 Å². The number of aromatic nitrogens is 2. The molecular formula is C21H21N3O4. The summed E-state index contributed by atoms with van der Waals surface area (Å²) in [5.74, 6) is 2.12. The van der Waals surface area contributed by atoms with Crippen LogP contribution in [-0.4, -0.2) is 36.8 Å². The van der Waals surface area contributed by atoms with E-state index in [2.05, 4.69) is 10.1 Å². The Morgan fingerprint density at radius 1 is 1.11 bits per heavy atom. The van der Waals surface area contributed by atoms with E-state index < -0.39 is 0 Å². The summed E-state index contributed by atoms with van der Waals surface area (Å²) >= 11 is 0. The quantitative estimate of drug-likeness (QED) is 0.674. The topological polar surface area (TPSA) is 77.7 Å². The molecule has 1 aromatic heterocycles. The molecule has 1 amide bonds. The maximum atomic E-state index is 12.6. The summed E-state index contributed by atoms with van der Waals surface area (Å²) in [6.45, 7) is 2.47. The van der Waals surface area contributed by atoms with Gasteiger partial charge in [-0.2, -0.15) is 4.98 Å². The zero-order chi connectivity index (χ0) is 19.7. The smallest absolute Gasteiger partial charge is 0.232 e. The Labute approximate surface area is 162 Å². The Kier molecular flexibility index (Phi) is 4.73. The van der Waals surface area contributed by atoms with Crippen molar-refractivity contribution in [3.8, 4) is 22.9 Å². The van der Waals surface area contributed by atoms with Gasteiger partial charge >= 0.3 is 0 Å². The molecule has 0 radical (unpaired) electrons. The van der Waals surface area contributed by atoms with E-state index in [-0.39, 0.29) is 11.8 Å². The first kappa shape index (κ1) is 18.0. The summed E-state index contributed by atoms with van der Waals surface area (Å²) in [4.78, 5) is 18.9. The van der Waals surface area contributed by atoms with Gasteiger partial charge in [-0.05, 0) is 12.5 Å². The summed E-state index contributed by atoms with van der Waals surface area (Å²) in [5, 5.41) is 4.11. The van der Waals surface area contributed by atoms with Crippen LogP contribution < -0.4 is 14.4 Å². The molecule has 7 nitrogen and oxygen atoms in total. The molecular weight excluding hydrogens is 358 g/mol. The molecule has 0 bridgehead atoms. The number of anilines is 1. The number of aryl methyl sites for hydroxylation is 1. The molecule has 2 heterocycles. The number of hydrogen-bond donors (Lipinski definition) is 0. The number of carbonyl (C=O) groups is 1. The lowest BCUT2D eigenvalue weighted by Crippen LogP contribution is -2.24. The van der Waals surface area contributed by atoms with Crippen LogP contribution in [0, 0.1) is 6.92 Å². The highest BCUT2D eigenvalue weighted by atomic mass is 16.5. The van der Waals surface area contributed by atoms with Gasteiger partial charge in [0.25, 0.3) is 0 Å². The molecule has 1 saturated heterocycles. The van der Waals surface area contributed by atoms with Crippen molar-refractivity contribution >= 4 is 11.6 Å². The van der Waals surface area contributed by atoms with Crippen LogP contribution in [0.25, 0.3) is 11.4 Å². The zero-order valence-corrected chi connectivity index (χ0v) is 16.0. The molecule has 0 spiro atoms. The van der Waals surface area contributed by atoms with Gasteiger partial charge in [-0.1, -0.05) is 29.4 Å². The van der Waals surface area contributed by atoms with E-state index in [9.17, 15) is 4.79 Å². The van der Waals surface area contributed by atoms with Gasteiger partial charge in [-0.3, -0.25) is 4.79 Å². The molecule has 0 N–H and O–H groups in total. The van der Waals surface area contributed by atoms with Crippen LogP contribution in [0.3, 0.4) is 0 Å². The number of ether oxygens (including phenoxy) is 2. The number of carbonyl (C=O) groups excluding carboxylic acids is 1. The van der Waals surface area contributed by atoms with Crippen LogP contribution in [0.1, 0.15) is 23.8 Å². The van der Waals surface area contributed by atoms with Gasteiger partial charge in [0.15, 0.2) is 0 Å². The van der Waals surface area contributed by atoms with Gasteiger partial charge in [0.2, 0.25) is 17.6 Å². The summed E-state index contributed by atoms with van der Waals surface area (Å²) < 4.78 is 16.1. The SMILES string of the molecule is COc1cc(OC)cc(N2CC(c3nc(-c4ccccc4C)no3)CC2=O)c1. The van der Waals surface area contributed by atoms with Crippen LogP contribution in [0.5, 0.6) is 11.5 Å². The van der Waals surface area contributed by atoms with Gasteiger partial charge in [0, 0.05) is 36.7 Å². The molecule has 1 fully saturated rings. The third-order valence-corrected chi connectivity index (χ3v) is 4.95. The molecule has 144 valence electrons. The van der Waals surface area contributed by atoms with Crippen molar-refractivity contribution in [1.29, 1.82) is 0 Å². The third kappa shape index (κ3) is 3.31. The third-order valence-electron chi connectivity index (χ3n) is 4.95. The standard InChI is InChI=1S/C21H21N3O4/c1-13-6-4-5-7-18(13)20-22-21(28-23-20)14-8-19(25)24(12-14)15-9-16(26-2)11-17(10-15)27-3/h4-7,9-11,14H,8,12H2,1-3H3. The minimum Gasteiger partial charge on any atom is -0.497 e. The second-order valence-electron chi connectivity index (χ2n) is 6.75. The second kappa shape index (κ2) is 7.34. The number of methoxy groups -OCH3 is 2. The number of rotatable bonds is 5. The van der Waals surface area contributed by atoms with Gasteiger partial charge in [-0.15, -0.1) is 0 Å². The van der Waals surface area contributed by atoms with Crippen molar-refractivity contribution in [2.75, 3.05) is 25.7 Å². The fraction of sp³-hybridized carbons (Fsp3) is 0.286. The van der Waals surface area contributed by atoms with Crippen molar-refractivity contribution in [1.82, 2.24) is 10.1 Å². The van der Waals surface area contributed by atoms with Crippen molar-refractivity contribution < 1.29 is 18.8 Å². The minimum atomic E-state index is -0.157. The van der Waals surface area contributed by atoms with E-state index in [1.807, 2.05) is 43.3 Å². The minimum absolute atomic E-state index is 0.00375. The molecule has 1 unspecified atom stereocenters. The van der Waals surface area contributed by atoms with Gasteiger partial charge in [0.1, 0.15) is 11.5 Å². The average molecular weight is 379 g/mol. The summed E-state index contributed by atoms with van der Waals surface area (Å²) in [7, 11) is 3.16. The lowest BCUT2D eigenvalue weighted by Gasteiger charge is -2.18. The molecule has 4 rings (SSSR count). The summed E-state index contributed by atoms with van der Waals surface area (Å²) in [6, 6.07) is 13.3. The molecule has 0 aliphatic carbocycles.